The van der Waals surface area contributed by atoms with Crippen molar-refractivity contribution in [1.29, 1.82) is 0 Å². The molecule has 4 heteroatoms. The molecule has 20 heavy (non-hydrogen) atoms. The van der Waals surface area contributed by atoms with Gasteiger partial charge in [0.15, 0.2) is 5.78 Å². The Balaban J connectivity index is 1.84. The first kappa shape index (κ1) is 13.1. The Morgan fingerprint density at radius 1 is 1.30 bits per heavy atom. The maximum Gasteiger partial charge on any atom is 0.167 e. The molecule has 1 heterocycles. The highest BCUT2D eigenvalue weighted by Crippen LogP contribution is 2.24. The summed E-state index contributed by atoms with van der Waals surface area (Å²) < 4.78 is 13.8. The summed E-state index contributed by atoms with van der Waals surface area (Å²) in [4.78, 5) is 12.2. The van der Waals surface area contributed by atoms with Crippen molar-refractivity contribution >= 4 is 23.1 Å². The van der Waals surface area contributed by atoms with Crippen LogP contribution in [-0.2, 0) is 12.8 Å². The van der Waals surface area contributed by atoms with E-state index in [2.05, 4.69) is 5.32 Å². The van der Waals surface area contributed by atoms with E-state index in [0.717, 1.165) is 24.2 Å². The van der Waals surface area contributed by atoms with Gasteiger partial charge in [-0.15, -0.1) is 0 Å². The summed E-state index contributed by atoms with van der Waals surface area (Å²) in [6, 6.07) is 10.3. The van der Waals surface area contributed by atoms with Crippen LogP contribution in [0.25, 0.3) is 0 Å². The fourth-order valence-corrected chi connectivity index (χ4v) is 2.63. The maximum atomic E-state index is 13.8. The number of nitrogens with one attached hydrogen (secondary N) is 1. The van der Waals surface area contributed by atoms with Crippen molar-refractivity contribution in [3.05, 3.63) is 63.9 Å². The lowest BCUT2D eigenvalue weighted by Gasteiger charge is -2.06. The van der Waals surface area contributed by atoms with Gasteiger partial charge in [-0.1, -0.05) is 23.7 Å². The van der Waals surface area contributed by atoms with E-state index in [9.17, 15) is 9.18 Å². The molecule has 2 aromatic rings. The molecule has 0 aromatic heterocycles. The highest BCUT2D eigenvalue weighted by Gasteiger charge is 2.15. The summed E-state index contributed by atoms with van der Waals surface area (Å²) in [5.41, 5.74) is 3.17. The molecular weight excluding hydrogens is 277 g/mol. The number of hydrogen-bond donors (Lipinski definition) is 1. The van der Waals surface area contributed by atoms with E-state index in [0.29, 0.717) is 11.1 Å². The van der Waals surface area contributed by atoms with Gasteiger partial charge in [-0.2, -0.15) is 0 Å². The van der Waals surface area contributed by atoms with Gasteiger partial charge in [0.05, 0.1) is 5.02 Å². The Hall–Kier alpha value is -1.87. The van der Waals surface area contributed by atoms with E-state index < -0.39 is 5.82 Å². The number of rotatable bonds is 3. The zero-order chi connectivity index (χ0) is 14.1. The fourth-order valence-electron chi connectivity index (χ4n) is 2.44. The Morgan fingerprint density at radius 3 is 3.00 bits per heavy atom. The van der Waals surface area contributed by atoms with Gasteiger partial charge in [0.1, 0.15) is 5.82 Å². The van der Waals surface area contributed by atoms with E-state index >= 15 is 0 Å². The largest absolute Gasteiger partial charge is 0.384 e. The van der Waals surface area contributed by atoms with Crippen LogP contribution >= 0.6 is 11.6 Å². The highest BCUT2D eigenvalue weighted by molar-refractivity contribution is 6.30. The maximum absolute atomic E-state index is 13.8. The smallest absolute Gasteiger partial charge is 0.167 e. The molecule has 0 spiro atoms. The van der Waals surface area contributed by atoms with Crippen molar-refractivity contribution in [2.45, 2.75) is 12.8 Å². The minimum atomic E-state index is -0.509. The third-order valence-electron chi connectivity index (χ3n) is 3.52. The van der Waals surface area contributed by atoms with Crippen LogP contribution in [0.5, 0.6) is 0 Å². The second kappa shape index (κ2) is 5.25. The van der Waals surface area contributed by atoms with Crippen molar-refractivity contribution < 1.29 is 9.18 Å². The second-order valence-corrected chi connectivity index (χ2v) is 5.27. The zero-order valence-corrected chi connectivity index (χ0v) is 11.5. The standard InChI is InChI=1S/C16H13ClFNO/c17-13-3-1-2-12(16(13)18)9-15(20)11-4-5-14-10(8-11)6-7-19-14/h1-5,8,19H,6-7,9H2. The predicted octanol–water partition coefficient (Wildman–Crippen LogP) is 3.87. The van der Waals surface area contributed by atoms with Crippen LogP contribution in [0.3, 0.4) is 0 Å². The minimum Gasteiger partial charge on any atom is -0.384 e. The third kappa shape index (κ3) is 2.41. The van der Waals surface area contributed by atoms with Gasteiger partial charge in [0.2, 0.25) is 0 Å². The first-order valence-corrected chi connectivity index (χ1v) is 6.86. The van der Waals surface area contributed by atoms with Gasteiger partial charge in [0.25, 0.3) is 0 Å². The molecule has 0 radical (unpaired) electrons. The molecule has 0 aliphatic carbocycles. The monoisotopic (exact) mass is 289 g/mol. The van der Waals surface area contributed by atoms with E-state index in [-0.39, 0.29) is 17.2 Å². The molecule has 2 aromatic carbocycles. The molecule has 1 N–H and O–H groups in total. The molecule has 0 bridgehead atoms. The van der Waals surface area contributed by atoms with Crippen LogP contribution in [-0.4, -0.2) is 12.3 Å². The van der Waals surface area contributed by atoms with Crippen molar-refractivity contribution in [1.82, 2.24) is 0 Å². The number of hydrogen-bond acceptors (Lipinski definition) is 2. The van der Waals surface area contributed by atoms with Gasteiger partial charge in [-0.05, 0) is 41.8 Å². The Kier molecular flexibility index (Phi) is 3.45. The van der Waals surface area contributed by atoms with Crippen LogP contribution in [0, 0.1) is 5.82 Å². The number of anilines is 1. The van der Waals surface area contributed by atoms with E-state index in [1.165, 1.54) is 6.07 Å². The molecular formula is C16H13ClFNO. The summed E-state index contributed by atoms with van der Waals surface area (Å²) in [5.74, 6) is -0.605. The van der Waals surface area contributed by atoms with Crippen LogP contribution in [0.4, 0.5) is 10.1 Å². The van der Waals surface area contributed by atoms with Gasteiger partial charge in [0, 0.05) is 24.2 Å². The lowest BCUT2D eigenvalue weighted by atomic mass is 10.00. The normalized spacial score (nSPS) is 12.9. The number of halogens is 2. The van der Waals surface area contributed by atoms with Crippen LogP contribution in [0.1, 0.15) is 21.5 Å². The molecule has 1 aliphatic heterocycles. The lowest BCUT2D eigenvalue weighted by molar-refractivity contribution is 0.0992. The van der Waals surface area contributed by atoms with Crippen LogP contribution in [0.2, 0.25) is 5.02 Å². The molecule has 0 unspecified atom stereocenters. The number of fused-ring (bicyclic) bond motifs is 1. The van der Waals surface area contributed by atoms with Gasteiger partial charge < -0.3 is 5.32 Å². The van der Waals surface area contributed by atoms with Crippen LogP contribution < -0.4 is 5.32 Å². The summed E-state index contributed by atoms with van der Waals surface area (Å²) >= 11 is 5.73. The molecule has 2 nitrogen and oxygen atoms in total. The van der Waals surface area contributed by atoms with Gasteiger partial charge in [-0.3, -0.25) is 4.79 Å². The summed E-state index contributed by atoms with van der Waals surface area (Å²) in [6.45, 7) is 0.899. The molecule has 0 saturated carbocycles. The minimum absolute atomic E-state index is 0.0264. The SMILES string of the molecule is O=C(Cc1cccc(Cl)c1F)c1ccc2c(c1)CCN2. The number of carbonyl (C=O) groups excluding carboxylic acids is 1. The number of ketones is 1. The van der Waals surface area contributed by atoms with E-state index in [4.69, 9.17) is 11.6 Å². The topological polar surface area (TPSA) is 29.1 Å². The molecule has 0 fully saturated rings. The van der Waals surface area contributed by atoms with E-state index in [1.54, 1.807) is 18.2 Å². The van der Waals surface area contributed by atoms with Gasteiger partial charge >= 0.3 is 0 Å². The first-order valence-electron chi connectivity index (χ1n) is 6.48. The summed E-state index contributed by atoms with van der Waals surface area (Å²) in [6.07, 6.45) is 0.945. The molecule has 0 atom stereocenters. The second-order valence-electron chi connectivity index (χ2n) is 4.86. The van der Waals surface area contributed by atoms with Crippen LogP contribution in [0.15, 0.2) is 36.4 Å². The number of carbonyl (C=O) groups is 1. The number of benzene rings is 2. The van der Waals surface area contributed by atoms with Crippen molar-refractivity contribution in [3.63, 3.8) is 0 Å². The lowest BCUT2D eigenvalue weighted by Crippen LogP contribution is -2.06. The molecule has 0 amide bonds. The molecule has 102 valence electrons. The van der Waals surface area contributed by atoms with Crippen molar-refractivity contribution in [2.75, 3.05) is 11.9 Å². The van der Waals surface area contributed by atoms with E-state index in [1.807, 2.05) is 12.1 Å². The molecule has 0 saturated heterocycles. The Labute approximate surface area is 121 Å². The van der Waals surface area contributed by atoms with Gasteiger partial charge in [-0.25, -0.2) is 4.39 Å². The molecule has 1 aliphatic rings. The zero-order valence-electron chi connectivity index (χ0n) is 10.7. The number of Topliss-reactive ketones (excluding diaryl/α,β-unsaturated/α-hetero) is 1. The summed E-state index contributed by atoms with van der Waals surface area (Å²) in [5, 5.41) is 3.29. The fraction of sp³-hybridized carbons (Fsp3) is 0.188. The average molecular weight is 290 g/mol. The highest BCUT2D eigenvalue weighted by atomic mass is 35.5. The average Bonchev–Trinajstić information content (AvgIpc) is 2.91. The predicted molar refractivity (Wildman–Crippen MR) is 78.1 cm³/mol. The molecule has 3 rings (SSSR count). The van der Waals surface area contributed by atoms with Crippen molar-refractivity contribution in [3.8, 4) is 0 Å². The summed E-state index contributed by atoms with van der Waals surface area (Å²) in [7, 11) is 0. The Morgan fingerprint density at radius 2 is 2.15 bits per heavy atom. The van der Waals surface area contributed by atoms with Crippen molar-refractivity contribution in [2.24, 2.45) is 0 Å². The third-order valence-corrected chi connectivity index (χ3v) is 3.81. The Bertz CT molecular complexity index is 684. The first-order chi connectivity index (χ1) is 9.65. The quantitative estimate of drug-likeness (QED) is 0.869.